The molecule has 1 aliphatic heterocycles. The number of hydrogen-bond donors (Lipinski definition) is 0. The van der Waals surface area contributed by atoms with Crippen LogP contribution >= 0.6 is 0 Å². The molecule has 3 aromatic rings. The second kappa shape index (κ2) is 8.02. The zero-order chi connectivity index (χ0) is 20.2. The number of carbonyl (C=O) groups excluding carboxylic acids is 1. The Labute approximate surface area is 165 Å². The number of halogens is 1. The molecule has 146 valence electrons. The minimum absolute atomic E-state index is 0.0336. The van der Waals surface area contributed by atoms with Crippen molar-refractivity contribution >= 4 is 17.9 Å². The molecule has 1 aliphatic rings. The van der Waals surface area contributed by atoms with Gasteiger partial charge in [-0.2, -0.15) is 0 Å². The van der Waals surface area contributed by atoms with Gasteiger partial charge in [0.25, 0.3) is 5.90 Å². The molecule has 0 spiro atoms. The van der Waals surface area contributed by atoms with Gasteiger partial charge in [-0.15, -0.1) is 0 Å². The summed E-state index contributed by atoms with van der Waals surface area (Å²) < 4.78 is 35.2. The summed E-state index contributed by atoms with van der Waals surface area (Å²) in [6, 6.07) is 14.8. The van der Waals surface area contributed by atoms with E-state index in [2.05, 4.69) is 4.99 Å². The van der Waals surface area contributed by atoms with Gasteiger partial charge in [0.15, 0.2) is 23.0 Å². The lowest BCUT2D eigenvalue weighted by Gasteiger charge is -2.12. The van der Waals surface area contributed by atoms with E-state index in [0.717, 1.165) is 0 Å². The van der Waals surface area contributed by atoms with Crippen LogP contribution in [0.15, 0.2) is 76.0 Å². The highest BCUT2D eigenvalue weighted by atomic mass is 19.1. The van der Waals surface area contributed by atoms with Gasteiger partial charge in [0.05, 0.1) is 13.4 Å². The van der Waals surface area contributed by atoms with Crippen molar-refractivity contribution in [2.45, 2.75) is 6.61 Å². The van der Waals surface area contributed by atoms with E-state index in [1.165, 1.54) is 19.4 Å². The lowest BCUT2D eigenvalue weighted by Crippen LogP contribution is -2.04. The van der Waals surface area contributed by atoms with Crippen LogP contribution in [0.5, 0.6) is 11.5 Å². The molecule has 7 heteroatoms. The highest BCUT2D eigenvalue weighted by molar-refractivity contribution is 6.11. The molecule has 2 heterocycles. The van der Waals surface area contributed by atoms with Gasteiger partial charge in [0.2, 0.25) is 0 Å². The number of ether oxygens (including phenoxy) is 3. The first-order valence-corrected chi connectivity index (χ1v) is 8.75. The van der Waals surface area contributed by atoms with Crippen molar-refractivity contribution in [1.29, 1.82) is 0 Å². The van der Waals surface area contributed by atoms with Gasteiger partial charge in [-0.1, -0.05) is 24.3 Å². The summed E-state index contributed by atoms with van der Waals surface area (Å²) in [5, 5.41) is 0. The van der Waals surface area contributed by atoms with Crippen molar-refractivity contribution in [3.8, 4) is 11.5 Å². The minimum atomic E-state index is -0.582. The van der Waals surface area contributed by atoms with Crippen molar-refractivity contribution < 1.29 is 27.8 Å². The fourth-order valence-corrected chi connectivity index (χ4v) is 2.74. The van der Waals surface area contributed by atoms with E-state index in [-0.39, 0.29) is 24.0 Å². The number of hydrogen-bond acceptors (Lipinski definition) is 6. The summed E-state index contributed by atoms with van der Waals surface area (Å²) in [6.07, 6.45) is 3.03. The monoisotopic (exact) mass is 393 g/mol. The van der Waals surface area contributed by atoms with Crippen molar-refractivity contribution in [2.24, 2.45) is 4.99 Å². The third-order valence-electron chi connectivity index (χ3n) is 4.18. The maximum atomic E-state index is 13.8. The zero-order valence-electron chi connectivity index (χ0n) is 15.4. The van der Waals surface area contributed by atoms with Crippen LogP contribution < -0.4 is 9.47 Å². The molecule has 0 saturated heterocycles. The van der Waals surface area contributed by atoms with Crippen LogP contribution in [0.1, 0.15) is 16.9 Å². The summed E-state index contributed by atoms with van der Waals surface area (Å²) in [5.41, 5.74) is 1.19. The van der Waals surface area contributed by atoms with Crippen LogP contribution in [-0.4, -0.2) is 19.0 Å². The Morgan fingerprint density at radius 2 is 1.97 bits per heavy atom. The molecular weight excluding hydrogens is 377 g/mol. The van der Waals surface area contributed by atoms with Gasteiger partial charge in [0.1, 0.15) is 12.4 Å². The molecule has 1 aromatic heterocycles. The number of nitrogens with zero attached hydrogens (tertiary/aromatic N) is 1. The van der Waals surface area contributed by atoms with E-state index in [0.29, 0.717) is 28.4 Å². The second-order valence-electron chi connectivity index (χ2n) is 6.10. The van der Waals surface area contributed by atoms with Gasteiger partial charge in [-0.3, -0.25) is 0 Å². The van der Waals surface area contributed by atoms with E-state index >= 15 is 0 Å². The largest absolute Gasteiger partial charge is 0.493 e. The topological polar surface area (TPSA) is 70.3 Å². The van der Waals surface area contributed by atoms with E-state index in [1.54, 1.807) is 54.6 Å². The van der Waals surface area contributed by atoms with Gasteiger partial charge < -0.3 is 18.6 Å². The molecule has 6 nitrogen and oxygen atoms in total. The smallest absolute Gasteiger partial charge is 0.363 e. The average molecular weight is 393 g/mol. The number of cyclic esters (lactones) is 1. The third-order valence-corrected chi connectivity index (χ3v) is 4.18. The molecule has 4 rings (SSSR count). The Morgan fingerprint density at radius 1 is 1.10 bits per heavy atom. The lowest BCUT2D eigenvalue weighted by atomic mass is 10.1. The van der Waals surface area contributed by atoms with Gasteiger partial charge in [-0.25, -0.2) is 14.2 Å². The molecule has 0 bridgehead atoms. The molecule has 2 aromatic carbocycles. The number of rotatable bonds is 6. The number of methoxy groups -OCH3 is 1. The molecule has 0 aliphatic carbocycles. The summed E-state index contributed by atoms with van der Waals surface area (Å²) >= 11 is 0. The molecule has 29 heavy (non-hydrogen) atoms. The number of esters is 1. The van der Waals surface area contributed by atoms with Crippen LogP contribution in [0, 0.1) is 5.82 Å². The summed E-state index contributed by atoms with van der Waals surface area (Å²) in [5.74, 6) is 0.435. The molecular formula is C22H16FNO5. The highest BCUT2D eigenvalue weighted by Crippen LogP contribution is 2.30. The van der Waals surface area contributed by atoms with E-state index < -0.39 is 5.97 Å². The third kappa shape index (κ3) is 4.03. The standard InChI is InChI=1S/C22H16FNO5/c1-26-18-9-8-14(12-20(18)28-13-15-5-2-3-6-16(15)23)11-17-22(25)29-21(24-17)19-7-4-10-27-19/h2-12H,13H2,1H3/b17-11-. The van der Waals surface area contributed by atoms with Crippen molar-refractivity contribution in [3.05, 3.63) is 89.3 Å². The lowest BCUT2D eigenvalue weighted by molar-refractivity contribution is -0.130. The molecule has 0 amide bonds. The van der Waals surface area contributed by atoms with Crippen molar-refractivity contribution in [3.63, 3.8) is 0 Å². The molecule has 0 atom stereocenters. The van der Waals surface area contributed by atoms with Gasteiger partial charge in [-0.05, 0) is 42.0 Å². The van der Waals surface area contributed by atoms with Crippen LogP contribution in [0.4, 0.5) is 4.39 Å². The summed E-state index contributed by atoms with van der Waals surface area (Å²) in [6.45, 7) is 0.0336. The first kappa shape index (κ1) is 18.5. The number of furan rings is 1. The summed E-state index contributed by atoms with van der Waals surface area (Å²) in [7, 11) is 1.51. The highest BCUT2D eigenvalue weighted by Gasteiger charge is 2.25. The second-order valence-corrected chi connectivity index (χ2v) is 6.10. The van der Waals surface area contributed by atoms with E-state index in [1.807, 2.05) is 0 Å². The van der Waals surface area contributed by atoms with Crippen LogP contribution in [0.25, 0.3) is 6.08 Å². The van der Waals surface area contributed by atoms with Gasteiger partial charge >= 0.3 is 5.97 Å². The summed E-state index contributed by atoms with van der Waals surface area (Å²) in [4.78, 5) is 16.3. The fraction of sp³-hybridized carbons (Fsp3) is 0.0909. The van der Waals surface area contributed by atoms with Crippen LogP contribution in [0.3, 0.4) is 0 Å². The Bertz CT molecular complexity index is 1100. The maximum absolute atomic E-state index is 13.8. The van der Waals surface area contributed by atoms with Crippen LogP contribution in [-0.2, 0) is 16.1 Å². The molecule has 0 radical (unpaired) electrons. The minimum Gasteiger partial charge on any atom is -0.493 e. The molecule has 0 fully saturated rings. The molecule has 0 saturated carbocycles. The van der Waals surface area contributed by atoms with Crippen molar-refractivity contribution in [1.82, 2.24) is 0 Å². The first-order valence-electron chi connectivity index (χ1n) is 8.75. The predicted octanol–water partition coefficient (Wildman–Crippen LogP) is 4.35. The average Bonchev–Trinajstić information content (AvgIpc) is 3.38. The first-order chi connectivity index (χ1) is 14.1. The van der Waals surface area contributed by atoms with E-state index in [4.69, 9.17) is 18.6 Å². The number of aliphatic imine (C=N–C) groups is 1. The maximum Gasteiger partial charge on any atom is 0.363 e. The molecule has 0 N–H and O–H groups in total. The van der Waals surface area contributed by atoms with Crippen LogP contribution in [0.2, 0.25) is 0 Å². The SMILES string of the molecule is COc1ccc(/C=C2\N=C(c3ccco3)OC2=O)cc1OCc1ccccc1F. The Hall–Kier alpha value is -3.87. The Morgan fingerprint density at radius 3 is 2.72 bits per heavy atom. The normalized spacial score (nSPS) is 14.6. The van der Waals surface area contributed by atoms with E-state index in [9.17, 15) is 9.18 Å². The van der Waals surface area contributed by atoms with Crippen molar-refractivity contribution in [2.75, 3.05) is 7.11 Å². The Balaban J connectivity index is 1.58. The quantitative estimate of drug-likeness (QED) is 0.460. The molecule has 0 unspecified atom stereocenters. The fourth-order valence-electron chi connectivity index (χ4n) is 2.74. The zero-order valence-corrected chi connectivity index (χ0v) is 15.4. The van der Waals surface area contributed by atoms with Gasteiger partial charge in [0, 0.05) is 5.56 Å². The number of benzene rings is 2. The predicted molar refractivity (Wildman–Crippen MR) is 103 cm³/mol. The Kier molecular flexibility index (Phi) is 5.11. The number of carbonyl (C=O) groups is 1.